The molecule has 4 nitrogen and oxygen atoms in total. The summed E-state index contributed by atoms with van der Waals surface area (Å²) in [6.45, 7) is 5.96. The van der Waals surface area contributed by atoms with Crippen LogP contribution < -0.4 is 10.6 Å². The van der Waals surface area contributed by atoms with E-state index in [1.165, 1.54) is 0 Å². The molecule has 2 aromatic rings. The molecule has 4 heteroatoms. The van der Waals surface area contributed by atoms with Crippen LogP contribution in [0.2, 0.25) is 0 Å². The summed E-state index contributed by atoms with van der Waals surface area (Å²) in [6.07, 6.45) is 1.61. The molecular formula is C21H26N2O2. The Kier molecular flexibility index (Phi) is 6.75. The van der Waals surface area contributed by atoms with Crippen molar-refractivity contribution in [3.63, 3.8) is 0 Å². The fourth-order valence-electron chi connectivity index (χ4n) is 2.75. The molecule has 2 aromatic carbocycles. The normalized spacial score (nSPS) is 11.8. The van der Waals surface area contributed by atoms with Crippen LogP contribution in [0.25, 0.3) is 0 Å². The Hall–Kier alpha value is -2.62. The number of carbonyl (C=O) groups excluding carboxylic acids is 2. The number of amides is 2. The van der Waals surface area contributed by atoms with Crippen LogP contribution in [0.4, 0.5) is 5.69 Å². The predicted molar refractivity (Wildman–Crippen MR) is 101 cm³/mol. The van der Waals surface area contributed by atoms with Gasteiger partial charge in [-0.15, -0.1) is 0 Å². The van der Waals surface area contributed by atoms with Crippen LogP contribution in [0.15, 0.2) is 54.6 Å². The van der Waals surface area contributed by atoms with E-state index in [4.69, 9.17) is 0 Å². The molecule has 0 aliphatic carbocycles. The van der Waals surface area contributed by atoms with Gasteiger partial charge in [0, 0.05) is 17.2 Å². The predicted octanol–water partition coefficient (Wildman–Crippen LogP) is 4.55. The van der Waals surface area contributed by atoms with Gasteiger partial charge in [-0.25, -0.2) is 0 Å². The molecule has 132 valence electrons. The maximum absolute atomic E-state index is 12.5. The molecule has 0 radical (unpaired) electrons. The highest BCUT2D eigenvalue weighted by molar-refractivity contribution is 5.97. The van der Waals surface area contributed by atoms with Gasteiger partial charge in [0.15, 0.2) is 0 Å². The lowest BCUT2D eigenvalue weighted by Crippen LogP contribution is -2.27. The number of hydrogen-bond acceptors (Lipinski definition) is 2. The monoisotopic (exact) mass is 338 g/mol. The Bertz CT molecular complexity index is 709. The van der Waals surface area contributed by atoms with Crippen LogP contribution in [-0.2, 0) is 4.79 Å². The van der Waals surface area contributed by atoms with Gasteiger partial charge in [0.1, 0.15) is 0 Å². The van der Waals surface area contributed by atoms with Crippen molar-refractivity contribution < 1.29 is 9.59 Å². The van der Waals surface area contributed by atoms with E-state index in [1.807, 2.05) is 51.1 Å². The van der Waals surface area contributed by atoms with E-state index in [0.29, 0.717) is 11.3 Å². The Balaban J connectivity index is 2.05. The zero-order valence-electron chi connectivity index (χ0n) is 15.1. The van der Waals surface area contributed by atoms with E-state index >= 15 is 0 Å². The highest BCUT2D eigenvalue weighted by Crippen LogP contribution is 2.17. The quantitative estimate of drug-likeness (QED) is 0.778. The number of benzene rings is 2. The summed E-state index contributed by atoms with van der Waals surface area (Å²) in [7, 11) is 0. The van der Waals surface area contributed by atoms with Gasteiger partial charge >= 0.3 is 0 Å². The van der Waals surface area contributed by atoms with Crippen LogP contribution in [0.1, 0.15) is 55.6 Å². The van der Waals surface area contributed by atoms with Crippen molar-refractivity contribution in [2.24, 2.45) is 5.92 Å². The Morgan fingerprint density at radius 3 is 2.28 bits per heavy atom. The van der Waals surface area contributed by atoms with Crippen molar-refractivity contribution in [3.05, 3.63) is 65.7 Å². The fraction of sp³-hybridized carbons (Fsp3) is 0.333. The molecule has 1 unspecified atom stereocenters. The molecule has 1 atom stereocenters. The number of anilines is 1. The van der Waals surface area contributed by atoms with Crippen LogP contribution in [-0.4, -0.2) is 11.8 Å². The number of hydrogen-bond donors (Lipinski definition) is 2. The molecule has 0 heterocycles. The lowest BCUT2D eigenvalue weighted by atomic mass is 10.0. The van der Waals surface area contributed by atoms with Gasteiger partial charge in [0.25, 0.3) is 5.91 Å². The topological polar surface area (TPSA) is 58.2 Å². The SMILES string of the molecule is CCC(CC)C(=O)Nc1cccc(C(=O)NC(C)c2ccccc2)c1. The van der Waals surface area contributed by atoms with Gasteiger partial charge in [0.05, 0.1) is 6.04 Å². The van der Waals surface area contributed by atoms with Crippen molar-refractivity contribution in [1.82, 2.24) is 5.32 Å². The van der Waals surface area contributed by atoms with Gasteiger partial charge in [-0.3, -0.25) is 9.59 Å². The molecule has 0 spiro atoms. The first-order chi connectivity index (χ1) is 12.0. The van der Waals surface area contributed by atoms with Gasteiger partial charge in [0.2, 0.25) is 5.91 Å². The largest absolute Gasteiger partial charge is 0.346 e. The Morgan fingerprint density at radius 1 is 0.960 bits per heavy atom. The summed E-state index contributed by atoms with van der Waals surface area (Å²) in [5.74, 6) is -0.161. The summed E-state index contributed by atoms with van der Waals surface area (Å²) in [5, 5.41) is 5.89. The van der Waals surface area contributed by atoms with Crippen molar-refractivity contribution in [1.29, 1.82) is 0 Å². The summed E-state index contributed by atoms with van der Waals surface area (Å²) >= 11 is 0. The van der Waals surface area contributed by atoms with Crippen LogP contribution in [0.5, 0.6) is 0 Å². The molecule has 0 aromatic heterocycles. The van der Waals surface area contributed by atoms with Crippen molar-refractivity contribution in [3.8, 4) is 0 Å². The van der Waals surface area contributed by atoms with E-state index in [9.17, 15) is 9.59 Å². The lowest BCUT2D eigenvalue weighted by Gasteiger charge is -2.16. The molecule has 0 aliphatic heterocycles. The molecule has 2 N–H and O–H groups in total. The van der Waals surface area contributed by atoms with Gasteiger partial charge in [-0.05, 0) is 43.5 Å². The molecule has 0 aliphatic rings. The summed E-state index contributed by atoms with van der Waals surface area (Å²) in [4.78, 5) is 24.7. The third-order valence-corrected chi connectivity index (χ3v) is 4.40. The zero-order valence-corrected chi connectivity index (χ0v) is 15.1. The average Bonchev–Trinajstić information content (AvgIpc) is 2.63. The molecule has 0 saturated heterocycles. The van der Waals surface area contributed by atoms with Gasteiger partial charge in [-0.1, -0.05) is 50.2 Å². The first-order valence-electron chi connectivity index (χ1n) is 8.81. The smallest absolute Gasteiger partial charge is 0.251 e. The highest BCUT2D eigenvalue weighted by atomic mass is 16.2. The summed E-state index contributed by atoms with van der Waals surface area (Å²) in [5.41, 5.74) is 2.23. The van der Waals surface area contributed by atoms with E-state index < -0.39 is 0 Å². The first-order valence-corrected chi connectivity index (χ1v) is 8.81. The fourth-order valence-corrected chi connectivity index (χ4v) is 2.75. The average molecular weight is 338 g/mol. The molecule has 0 fully saturated rings. The number of rotatable bonds is 7. The van der Waals surface area contributed by atoms with Crippen molar-refractivity contribution >= 4 is 17.5 Å². The molecule has 2 amide bonds. The Morgan fingerprint density at radius 2 is 1.64 bits per heavy atom. The third-order valence-electron chi connectivity index (χ3n) is 4.40. The molecule has 0 bridgehead atoms. The minimum absolute atomic E-state index is 0.000196. The minimum atomic E-state index is -0.157. The lowest BCUT2D eigenvalue weighted by molar-refractivity contribution is -0.120. The zero-order chi connectivity index (χ0) is 18.2. The van der Waals surface area contributed by atoms with E-state index in [-0.39, 0.29) is 23.8 Å². The summed E-state index contributed by atoms with van der Waals surface area (Å²) in [6, 6.07) is 16.8. The van der Waals surface area contributed by atoms with E-state index in [0.717, 1.165) is 18.4 Å². The first kappa shape index (κ1) is 18.7. The Labute approximate surface area is 149 Å². The second-order valence-corrected chi connectivity index (χ2v) is 6.19. The molecule has 2 rings (SSSR count). The maximum atomic E-state index is 12.5. The van der Waals surface area contributed by atoms with Gasteiger partial charge < -0.3 is 10.6 Å². The standard InChI is InChI=1S/C21H26N2O2/c1-4-16(5-2)20(24)23-19-13-9-12-18(14-19)21(25)22-15(3)17-10-7-6-8-11-17/h6-16H,4-5H2,1-3H3,(H,22,25)(H,23,24). The van der Waals surface area contributed by atoms with Crippen molar-refractivity contribution in [2.75, 3.05) is 5.32 Å². The van der Waals surface area contributed by atoms with Gasteiger partial charge in [-0.2, -0.15) is 0 Å². The minimum Gasteiger partial charge on any atom is -0.346 e. The summed E-state index contributed by atoms with van der Waals surface area (Å²) < 4.78 is 0. The third kappa shape index (κ3) is 5.18. The van der Waals surface area contributed by atoms with E-state index in [2.05, 4.69) is 10.6 Å². The van der Waals surface area contributed by atoms with Crippen LogP contribution >= 0.6 is 0 Å². The maximum Gasteiger partial charge on any atom is 0.251 e. The van der Waals surface area contributed by atoms with Crippen LogP contribution in [0, 0.1) is 5.92 Å². The molecular weight excluding hydrogens is 312 g/mol. The molecule has 25 heavy (non-hydrogen) atoms. The number of carbonyl (C=O) groups is 2. The van der Waals surface area contributed by atoms with Crippen LogP contribution in [0.3, 0.4) is 0 Å². The second kappa shape index (κ2) is 9.02. The molecule has 0 saturated carbocycles. The van der Waals surface area contributed by atoms with E-state index in [1.54, 1.807) is 24.3 Å². The highest BCUT2D eigenvalue weighted by Gasteiger charge is 2.15. The second-order valence-electron chi connectivity index (χ2n) is 6.19. The van der Waals surface area contributed by atoms with Crippen molar-refractivity contribution in [2.45, 2.75) is 39.7 Å². The number of nitrogens with one attached hydrogen (secondary N) is 2.